The quantitative estimate of drug-likeness (QED) is 0.524. The molecule has 2 heterocycles. The Morgan fingerprint density at radius 1 is 1.50 bits per heavy atom. The van der Waals surface area contributed by atoms with E-state index in [1.807, 2.05) is 0 Å². The van der Waals surface area contributed by atoms with Crippen LogP contribution in [-0.2, 0) is 0 Å². The number of carboxylic acids is 1. The molecular formula is C9H5BrN4O4. The summed E-state index contributed by atoms with van der Waals surface area (Å²) in [6.45, 7) is 0. The molecule has 0 aliphatic rings. The highest BCUT2D eigenvalue weighted by molar-refractivity contribution is 9.10. The van der Waals surface area contributed by atoms with E-state index in [-0.39, 0.29) is 0 Å². The van der Waals surface area contributed by atoms with E-state index in [9.17, 15) is 14.9 Å². The van der Waals surface area contributed by atoms with E-state index in [1.165, 1.54) is 6.20 Å². The third kappa shape index (κ3) is 2.20. The van der Waals surface area contributed by atoms with Crippen molar-refractivity contribution in [2.24, 2.45) is 0 Å². The minimum atomic E-state index is -1.45. The van der Waals surface area contributed by atoms with E-state index in [4.69, 9.17) is 5.11 Å². The molecule has 0 amide bonds. The lowest BCUT2D eigenvalue weighted by molar-refractivity contribution is -0.385. The highest BCUT2D eigenvalue weighted by Gasteiger charge is 2.25. The molecule has 0 unspecified atom stereocenters. The average molecular weight is 313 g/mol. The van der Waals surface area contributed by atoms with Crippen molar-refractivity contribution in [1.82, 2.24) is 14.8 Å². The second-order valence-electron chi connectivity index (χ2n) is 3.21. The molecular weight excluding hydrogens is 308 g/mol. The molecule has 2 aromatic heterocycles. The molecule has 2 rings (SSSR count). The van der Waals surface area contributed by atoms with E-state index in [1.54, 1.807) is 12.1 Å². The van der Waals surface area contributed by atoms with Crippen LogP contribution in [0.15, 0.2) is 29.1 Å². The Bertz CT molecular complexity index is 590. The van der Waals surface area contributed by atoms with Crippen molar-refractivity contribution in [1.29, 1.82) is 0 Å². The lowest BCUT2D eigenvalue weighted by Gasteiger charge is -1.98. The normalized spacial score (nSPS) is 10.3. The Labute approximate surface area is 108 Å². The summed E-state index contributed by atoms with van der Waals surface area (Å²) in [6.07, 6.45) is 2.45. The Morgan fingerprint density at radius 2 is 2.22 bits per heavy atom. The molecule has 1 N–H and O–H groups in total. The second kappa shape index (κ2) is 4.53. The second-order valence-corrected chi connectivity index (χ2v) is 4.02. The van der Waals surface area contributed by atoms with Gasteiger partial charge in [-0.3, -0.25) is 10.1 Å². The van der Waals surface area contributed by atoms with E-state index >= 15 is 0 Å². The topological polar surface area (TPSA) is 111 Å². The molecule has 9 heteroatoms. The number of nitro groups is 1. The SMILES string of the molecule is O=C(O)c1nn(-c2ccc(Br)nc2)cc1[N+](=O)[O-]. The Hall–Kier alpha value is -2.29. The van der Waals surface area contributed by atoms with Crippen molar-refractivity contribution in [2.45, 2.75) is 0 Å². The van der Waals surface area contributed by atoms with Crippen LogP contribution in [0.2, 0.25) is 0 Å². The van der Waals surface area contributed by atoms with Gasteiger partial charge in [0.2, 0.25) is 5.69 Å². The predicted octanol–water partition coefficient (Wildman–Crippen LogP) is 1.64. The summed E-state index contributed by atoms with van der Waals surface area (Å²) in [6, 6.07) is 3.21. The highest BCUT2D eigenvalue weighted by Crippen LogP contribution is 2.19. The maximum atomic E-state index is 10.8. The number of hydrogen-bond acceptors (Lipinski definition) is 5. The summed E-state index contributed by atoms with van der Waals surface area (Å²) in [5, 5.41) is 23.2. The zero-order valence-corrected chi connectivity index (χ0v) is 10.2. The molecule has 0 spiro atoms. The summed E-state index contributed by atoms with van der Waals surface area (Å²) in [4.78, 5) is 24.6. The summed E-state index contributed by atoms with van der Waals surface area (Å²) in [5.74, 6) is -1.45. The number of pyridine rings is 1. The summed E-state index contributed by atoms with van der Waals surface area (Å²) >= 11 is 3.14. The number of hydrogen-bond donors (Lipinski definition) is 1. The molecule has 8 nitrogen and oxygen atoms in total. The lowest BCUT2D eigenvalue weighted by atomic mass is 10.4. The first-order valence-electron chi connectivity index (χ1n) is 4.58. The van der Waals surface area contributed by atoms with Crippen LogP contribution < -0.4 is 0 Å². The van der Waals surface area contributed by atoms with Crippen LogP contribution in [0, 0.1) is 10.1 Å². The first-order chi connectivity index (χ1) is 8.49. The average Bonchev–Trinajstić information content (AvgIpc) is 2.75. The van der Waals surface area contributed by atoms with Crippen LogP contribution in [0.25, 0.3) is 5.69 Å². The molecule has 0 aliphatic heterocycles. The number of carbonyl (C=O) groups is 1. The fourth-order valence-corrected chi connectivity index (χ4v) is 1.52. The van der Waals surface area contributed by atoms with Gasteiger partial charge in [0.05, 0.1) is 16.8 Å². The van der Waals surface area contributed by atoms with Gasteiger partial charge in [-0.15, -0.1) is 0 Å². The van der Waals surface area contributed by atoms with E-state index < -0.39 is 22.3 Å². The van der Waals surface area contributed by atoms with Crippen molar-refractivity contribution in [3.8, 4) is 5.69 Å². The Morgan fingerprint density at radius 3 is 2.67 bits per heavy atom. The standard InChI is InChI=1S/C9H5BrN4O4/c10-7-2-1-5(3-11-7)13-4-6(14(17)18)8(12-13)9(15)16/h1-4H,(H,15,16). The van der Waals surface area contributed by atoms with E-state index in [0.717, 1.165) is 10.9 Å². The van der Waals surface area contributed by atoms with Gasteiger partial charge >= 0.3 is 11.7 Å². The minimum absolute atomic E-state index is 0.425. The minimum Gasteiger partial charge on any atom is -0.476 e. The van der Waals surface area contributed by atoms with Crippen molar-refractivity contribution >= 4 is 27.6 Å². The third-order valence-electron chi connectivity index (χ3n) is 2.07. The number of carboxylic acid groups (broad SMARTS) is 1. The van der Waals surface area contributed by atoms with Gasteiger partial charge in [-0.05, 0) is 28.1 Å². The zero-order valence-electron chi connectivity index (χ0n) is 8.65. The van der Waals surface area contributed by atoms with E-state index in [0.29, 0.717) is 10.3 Å². The number of aromatic nitrogens is 3. The number of halogens is 1. The zero-order chi connectivity index (χ0) is 13.3. The fourth-order valence-electron chi connectivity index (χ4n) is 1.29. The molecule has 0 aromatic carbocycles. The largest absolute Gasteiger partial charge is 0.476 e. The molecule has 2 aromatic rings. The molecule has 0 saturated carbocycles. The summed E-state index contributed by atoms with van der Waals surface area (Å²) < 4.78 is 1.69. The van der Waals surface area contributed by atoms with Gasteiger partial charge in [-0.25, -0.2) is 14.5 Å². The number of aromatic carboxylic acids is 1. The molecule has 92 valence electrons. The highest BCUT2D eigenvalue weighted by atomic mass is 79.9. The number of rotatable bonds is 3. The monoisotopic (exact) mass is 312 g/mol. The van der Waals surface area contributed by atoms with Gasteiger partial charge in [0.25, 0.3) is 0 Å². The molecule has 0 atom stereocenters. The lowest BCUT2D eigenvalue weighted by Crippen LogP contribution is -2.03. The fraction of sp³-hybridized carbons (Fsp3) is 0. The van der Waals surface area contributed by atoms with Crippen LogP contribution in [0.5, 0.6) is 0 Å². The maximum absolute atomic E-state index is 10.8. The molecule has 0 fully saturated rings. The molecule has 0 bridgehead atoms. The van der Waals surface area contributed by atoms with Crippen LogP contribution in [0.3, 0.4) is 0 Å². The first kappa shape index (κ1) is 12.2. The van der Waals surface area contributed by atoms with Gasteiger partial charge in [0.15, 0.2) is 0 Å². The Kier molecular flexibility index (Phi) is 3.06. The van der Waals surface area contributed by atoms with Gasteiger partial charge in [-0.2, -0.15) is 5.10 Å². The van der Waals surface area contributed by atoms with Crippen LogP contribution in [-0.4, -0.2) is 30.8 Å². The van der Waals surface area contributed by atoms with Gasteiger partial charge < -0.3 is 5.11 Å². The summed E-state index contributed by atoms with van der Waals surface area (Å²) in [7, 11) is 0. The van der Waals surface area contributed by atoms with Gasteiger partial charge in [-0.1, -0.05) is 0 Å². The molecule has 0 radical (unpaired) electrons. The van der Waals surface area contributed by atoms with Gasteiger partial charge in [0, 0.05) is 0 Å². The van der Waals surface area contributed by atoms with Crippen molar-refractivity contribution in [3.63, 3.8) is 0 Å². The Balaban J connectivity index is 2.53. The molecule has 18 heavy (non-hydrogen) atoms. The smallest absolute Gasteiger partial charge is 0.363 e. The van der Waals surface area contributed by atoms with Gasteiger partial charge in [0.1, 0.15) is 10.8 Å². The predicted molar refractivity (Wildman–Crippen MR) is 62.7 cm³/mol. The first-order valence-corrected chi connectivity index (χ1v) is 5.37. The van der Waals surface area contributed by atoms with Crippen molar-refractivity contribution in [3.05, 3.63) is 44.9 Å². The summed E-state index contributed by atoms with van der Waals surface area (Å²) in [5.41, 5.74) is -0.748. The van der Waals surface area contributed by atoms with Crippen LogP contribution in [0.4, 0.5) is 5.69 Å². The third-order valence-corrected chi connectivity index (χ3v) is 2.54. The molecule has 0 saturated heterocycles. The molecule has 0 aliphatic carbocycles. The maximum Gasteiger partial charge on any atom is 0.363 e. The number of nitrogens with zero attached hydrogens (tertiary/aromatic N) is 4. The van der Waals surface area contributed by atoms with Crippen molar-refractivity contribution in [2.75, 3.05) is 0 Å². The van der Waals surface area contributed by atoms with Crippen molar-refractivity contribution < 1.29 is 14.8 Å². The van der Waals surface area contributed by atoms with Crippen LogP contribution in [0.1, 0.15) is 10.5 Å². The van der Waals surface area contributed by atoms with Crippen LogP contribution >= 0.6 is 15.9 Å². The van der Waals surface area contributed by atoms with E-state index in [2.05, 4.69) is 26.0 Å².